The average molecular weight is 382 g/mol. The number of nitrogens with two attached hydrogens (primary N) is 1. The van der Waals surface area contributed by atoms with Crippen molar-refractivity contribution in [1.29, 1.82) is 0 Å². The fourth-order valence-corrected chi connectivity index (χ4v) is 2.94. The van der Waals surface area contributed by atoms with Crippen molar-refractivity contribution in [3.05, 3.63) is 42.1 Å². The van der Waals surface area contributed by atoms with Crippen LogP contribution < -0.4 is 21.3 Å². The number of hydrogen-bond donors (Lipinski definition) is 3. The summed E-state index contributed by atoms with van der Waals surface area (Å²) in [7, 11) is 0. The Bertz CT molecular complexity index is 967. The first kappa shape index (κ1) is 18.2. The zero-order chi connectivity index (χ0) is 19.3. The molecule has 4 rings (SSSR count). The van der Waals surface area contributed by atoms with E-state index < -0.39 is 0 Å². The molecule has 1 aliphatic heterocycles. The Morgan fingerprint density at radius 1 is 1.18 bits per heavy atom. The third-order valence-corrected chi connectivity index (χ3v) is 4.35. The number of rotatable bonds is 6. The van der Waals surface area contributed by atoms with Crippen LogP contribution in [0.3, 0.4) is 0 Å². The molecule has 9 nitrogen and oxygen atoms in total. The summed E-state index contributed by atoms with van der Waals surface area (Å²) in [6, 6.07) is 11.2. The van der Waals surface area contributed by atoms with Crippen molar-refractivity contribution in [2.24, 2.45) is 5.73 Å². The van der Waals surface area contributed by atoms with E-state index in [4.69, 9.17) is 14.9 Å². The van der Waals surface area contributed by atoms with Gasteiger partial charge in [0.15, 0.2) is 5.58 Å². The van der Waals surface area contributed by atoms with E-state index in [-0.39, 0.29) is 5.91 Å². The largest absolute Gasteiger partial charge is 0.423 e. The zero-order valence-electron chi connectivity index (χ0n) is 15.4. The van der Waals surface area contributed by atoms with Gasteiger partial charge in [-0.05, 0) is 24.3 Å². The zero-order valence-corrected chi connectivity index (χ0v) is 15.4. The molecule has 3 heterocycles. The van der Waals surface area contributed by atoms with Crippen molar-refractivity contribution in [2.75, 3.05) is 54.9 Å². The SMILES string of the molecule is NCCNc1cccc(C(=O)Nc2ccc3nc(N4CCOCC4)oc3c2)n1. The van der Waals surface area contributed by atoms with Crippen LogP contribution in [0, 0.1) is 0 Å². The molecule has 0 unspecified atom stereocenters. The van der Waals surface area contributed by atoms with Crippen LogP contribution in [0.1, 0.15) is 10.5 Å². The normalized spacial score (nSPS) is 14.2. The van der Waals surface area contributed by atoms with Crippen LogP contribution in [-0.2, 0) is 4.74 Å². The highest BCUT2D eigenvalue weighted by atomic mass is 16.5. The predicted molar refractivity (Wildman–Crippen MR) is 107 cm³/mol. The molecule has 0 radical (unpaired) electrons. The number of carbonyl (C=O) groups excluding carboxylic acids is 1. The Morgan fingerprint density at radius 3 is 2.86 bits per heavy atom. The molecule has 0 spiro atoms. The quantitative estimate of drug-likeness (QED) is 0.589. The Balaban J connectivity index is 1.49. The lowest BCUT2D eigenvalue weighted by atomic mass is 10.2. The minimum absolute atomic E-state index is 0.302. The monoisotopic (exact) mass is 382 g/mol. The van der Waals surface area contributed by atoms with Gasteiger partial charge in [-0.3, -0.25) is 4.79 Å². The fraction of sp³-hybridized carbons (Fsp3) is 0.316. The summed E-state index contributed by atoms with van der Waals surface area (Å²) in [5, 5.41) is 5.91. The second-order valence-electron chi connectivity index (χ2n) is 6.36. The molecule has 3 aromatic rings. The molecule has 1 aromatic carbocycles. The molecule has 0 saturated carbocycles. The topological polar surface area (TPSA) is 119 Å². The first-order chi connectivity index (χ1) is 13.7. The molecule has 1 amide bonds. The molecular weight excluding hydrogens is 360 g/mol. The predicted octanol–water partition coefficient (Wildman–Crippen LogP) is 1.68. The Kier molecular flexibility index (Phi) is 5.36. The maximum atomic E-state index is 12.5. The van der Waals surface area contributed by atoms with E-state index in [0.717, 1.165) is 18.6 Å². The number of ether oxygens (including phenoxy) is 1. The van der Waals surface area contributed by atoms with Crippen LogP contribution in [-0.4, -0.2) is 55.3 Å². The Labute approximate surface area is 161 Å². The number of fused-ring (bicyclic) bond motifs is 1. The van der Waals surface area contributed by atoms with Gasteiger partial charge in [0, 0.05) is 37.9 Å². The first-order valence-corrected chi connectivity index (χ1v) is 9.18. The number of carbonyl (C=O) groups is 1. The van der Waals surface area contributed by atoms with E-state index in [0.29, 0.717) is 55.1 Å². The van der Waals surface area contributed by atoms with Gasteiger partial charge in [0.05, 0.1) is 13.2 Å². The van der Waals surface area contributed by atoms with Crippen LogP contribution in [0.5, 0.6) is 0 Å². The Morgan fingerprint density at radius 2 is 2.04 bits per heavy atom. The van der Waals surface area contributed by atoms with Crippen LogP contribution in [0.4, 0.5) is 17.5 Å². The highest BCUT2D eigenvalue weighted by molar-refractivity contribution is 6.03. The lowest BCUT2D eigenvalue weighted by molar-refractivity contribution is 0.102. The van der Waals surface area contributed by atoms with Gasteiger partial charge in [0.25, 0.3) is 11.9 Å². The number of anilines is 3. The molecule has 0 aliphatic carbocycles. The molecule has 146 valence electrons. The van der Waals surface area contributed by atoms with Gasteiger partial charge in [-0.2, -0.15) is 4.98 Å². The van der Waals surface area contributed by atoms with Crippen LogP contribution in [0.25, 0.3) is 11.1 Å². The number of benzene rings is 1. The lowest BCUT2D eigenvalue weighted by Gasteiger charge is -2.24. The summed E-state index contributed by atoms with van der Waals surface area (Å²) in [5.41, 5.74) is 7.76. The van der Waals surface area contributed by atoms with E-state index in [1.165, 1.54) is 0 Å². The minimum Gasteiger partial charge on any atom is -0.423 e. The highest BCUT2D eigenvalue weighted by Gasteiger charge is 2.17. The van der Waals surface area contributed by atoms with Crippen molar-refractivity contribution < 1.29 is 13.9 Å². The molecule has 1 fully saturated rings. The maximum Gasteiger partial charge on any atom is 0.298 e. The summed E-state index contributed by atoms with van der Waals surface area (Å²) >= 11 is 0. The molecule has 0 atom stereocenters. The van der Waals surface area contributed by atoms with E-state index >= 15 is 0 Å². The standard InChI is InChI=1S/C19H22N6O3/c20-6-7-21-17-3-1-2-15(23-17)18(26)22-13-4-5-14-16(12-13)28-19(24-14)25-8-10-27-11-9-25/h1-5,12H,6-11,20H2,(H,21,23)(H,22,26). The van der Waals surface area contributed by atoms with Gasteiger partial charge in [0.1, 0.15) is 17.0 Å². The van der Waals surface area contributed by atoms with E-state index in [2.05, 4.69) is 20.6 Å². The van der Waals surface area contributed by atoms with Crippen LogP contribution in [0.15, 0.2) is 40.8 Å². The molecule has 1 saturated heterocycles. The summed E-state index contributed by atoms with van der Waals surface area (Å²) in [4.78, 5) is 23.4. The number of amides is 1. The van der Waals surface area contributed by atoms with Crippen molar-refractivity contribution in [2.45, 2.75) is 0 Å². The van der Waals surface area contributed by atoms with Gasteiger partial charge in [0.2, 0.25) is 0 Å². The first-order valence-electron chi connectivity index (χ1n) is 9.18. The fourth-order valence-electron chi connectivity index (χ4n) is 2.94. The van der Waals surface area contributed by atoms with Crippen LogP contribution in [0.2, 0.25) is 0 Å². The molecule has 2 aromatic heterocycles. The van der Waals surface area contributed by atoms with Crippen molar-refractivity contribution in [1.82, 2.24) is 9.97 Å². The smallest absolute Gasteiger partial charge is 0.298 e. The molecule has 9 heteroatoms. The van der Waals surface area contributed by atoms with Gasteiger partial charge in [-0.15, -0.1) is 0 Å². The van der Waals surface area contributed by atoms with Crippen molar-refractivity contribution in [3.8, 4) is 0 Å². The second kappa shape index (κ2) is 8.24. The van der Waals surface area contributed by atoms with Crippen molar-refractivity contribution >= 4 is 34.5 Å². The highest BCUT2D eigenvalue weighted by Crippen LogP contribution is 2.25. The Hall–Kier alpha value is -3.17. The molecule has 0 bridgehead atoms. The van der Waals surface area contributed by atoms with E-state index in [9.17, 15) is 4.79 Å². The number of nitrogens with one attached hydrogen (secondary N) is 2. The number of pyridine rings is 1. The third kappa shape index (κ3) is 4.05. The van der Waals surface area contributed by atoms with Gasteiger partial charge in [-0.1, -0.05) is 6.07 Å². The number of oxazole rings is 1. The number of morpholine rings is 1. The third-order valence-electron chi connectivity index (χ3n) is 4.35. The lowest BCUT2D eigenvalue weighted by Crippen LogP contribution is -2.36. The molecule has 4 N–H and O–H groups in total. The summed E-state index contributed by atoms with van der Waals surface area (Å²) in [6.07, 6.45) is 0. The molecule has 1 aliphatic rings. The summed E-state index contributed by atoms with van der Waals surface area (Å²) in [5.74, 6) is 0.308. The number of nitrogens with zero attached hydrogens (tertiary/aromatic N) is 3. The molecule has 28 heavy (non-hydrogen) atoms. The van der Waals surface area contributed by atoms with Crippen molar-refractivity contribution in [3.63, 3.8) is 0 Å². The second-order valence-corrected chi connectivity index (χ2v) is 6.36. The maximum absolute atomic E-state index is 12.5. The number of hydrogen-bond acceptors (Lipinski definition) is 8. The number of aromatic nitrogens is 2. The van der Waals surface area contributed by atoms with Gasteiger partial charge < -0.3 is 30.4 Å². The average Bonchev–Trinajstić information content (AvgIpc) is 3.16. The minimum atomic E-state index is -0.302. The van der Waals surface area contributed by atoms with Gasteiger partial charge in [-0.25, -0.2) is 4.98 Å². The van der Waals surface area contributed by atoms with Gasteiger partial charge >= 0.3 is 0 Å². The van der Waals surface area contributed by atoms with E-state index in [1.54, 1.807) is 30.3 Å². The van der Waals surface area contributed by atoms with Crippen LogP contribution >= 0.6 is 0 Å². The molecular formula is C19H22N6O3. The summed E-state index contributed by atoms with van der Waals surface area (Å²) < 4.78 is 11.2. The van der Waals surface area contributed by atoms with E-state index in [1.807, 2.05) is 11.0 Å². The summed E-state index contributed by atoms with van der Waals surface area (Å²) in [6.45, 7) is 3.89.